The van der Waals surface area contributed by atoms with Crippen LogP contribution in [0, 0.1) is 6.92 Å². The Morgan fingerprint density at radius 3 is 2.34 bits per heavy atom. The molecule has 3 aromatic carbocycles. The maximum atomic E-state index is 13.3. The molecule has 5 rings (SSSR count). The van der Waals surface area contributed by atoms with Gasteiger partial charge in [-0.05, 0) is 72.4 Å². The Kier molecular flexibility index (Phi) is 4.72. The highest BCUT2D eigenvalue weighted by Crippen LogP contribution is 2.51. The number of anilines is 1. The maximum absolute atomic E-state index is 13.3. The normalized spacial score (nSPS) is 15.9. The molecule has 0 spiro atoms. The molecule has 0 radical (unpaired) electrons. The molecule has 1 aliphatic carbocycles. The molecule has 166 valence electrons. The van der Waals surface area contributed by atoms with E-state index in [1.807, 2.05) is 43.3 Å². The van der Waals surface area contributed by atoms with Crippen LogP contribution in [0.2, 0.25) is 0 Å². The number of primary sulfonamides is 1. The van der Waals surface area contributed by atoms with Crippen LogP contribution >= 0.6 is 0 Å². The van der Waals surface area contributed by atoms with E-state index >= 15 is 0 Å². The summed E-state index contributed by atoms with van der Waals surface area (Å²) in [6, 6.07) is 17.8. The second-order valence-corrected chi connectivity index (χ2v) is 9.76. The molecule has 2 aliphatic rings. The number of aryl methyl sites for hydroxylation is 1. The molecule has 32 heavy (non-hydrogen) atoms. The molecule has 3 N–H and O–H groups in total. The number of sulfonamides is 1. The third kappa shape index (κ3) is 3.61. The molecule has 0 aromatic heterocycles. The number of ether oxygens (including phenoxy) is 2. The lowest BCUT2D eigenvalue weighted by atomic mass is 9.94. The fourth-order valence-corrected chi connectivity index (χ4v) is 4.50. The first kappa shape index (κ1) is 20.5. The molecule has 0 atom stereocenters. The van der Waals surface area contributed by atoms with Crippen molar-refractivity contribution in [1.29, 1.82) is 0 Å². The van der Waals surface area contributed by atoms with E-state index in [0.29, 0.717) is 11.5 Å². The Labute approximate surface area is 187 Å². The predicted octanol–water partition coefficient (Wildman–Crippen LogP) is 3.95. The van der Waals surface area contributed by atoms with E-state index in [-0.39, 0.29) is 19.0 Å². The van der Waals surface area contributed by atoms with E-state index in [0.717, 1.165) is 40.8 Å². The number of hydrogen-bond donors (Lipinski definition) is 2. The predicted molar refractivity (Wildman–Crippen MR) is 122 cm³/mol. The summed E-state index contributed by atoms with van der Waals surface area (Å²) in [6.07, 6.45) is 1.54. The van der Waals surface area contributed by atoms with Gasteiger partial charge in [-0.1, -0.05) is 30.3 Å². The van der Waals surface area contributed by atoms with Gasteiger partial charge < -0.3 is 14.8 Å². The van der Waals surface area contributed by atoms with Crippen molar-refractivity contribution in [1.82, 2.24) is 0 Å². The molecule has 1 fully saturated rings. The van der Waals surface area contributed by atoms with E-state index in [4.69, 9.17) is 14.6 Å². The summed E-state index contributed by atoms with van der Waals surface area (Å²) in [4.78, 5) is 13.3. The first-order valence-electron chi connectivity index (χ1n) is 10.2. The average Bonchev–Trinajstić information content (AvgIpc) is 3.45. The fourth-order valence-electron chi connectivity index (χ4n) is 3.98. The van der Waals surface area contributed by atoms with Crippen molar-refractivity contribution >= 4 is 21.6 Å². The monoisotopic (exact) mass is 452 g/mol. The molecule has 1 amide bonds. The van der Waals surface area contributed by atoms with Gasteiger partial charge in [-0.2, -0.15) is 0 Å². The molecule has 1 saturated carbocycles. The topological polar surface area (TPSA) is 108 Å². The van der Waals surface area contributed by atoms with Crippen molar-refractivity contribution in [3.8, 4) is 22.6 Å². The number of hydrogen-bond acceptors (Lipinski definition) is 5. The van der Waals surface area contributed by atoms with Crippen LogP contribution in [0.1, 0.15) is 25.4 Å². The van der Waals surface area contributed by atoms with Crippen LogP contribution in [0.3, 0.4) is 0 Å². The molecule has 8 heteroatoms. The molecule has 0 unspecified atom stereocenters. The highest BCUT2D eigenvalue weighted by atomic mass is 32.2. The van der Waals surface area contributed by atoms with E-state index in [1.54, 1.807) is 12.1 Å². The first-order valence-corrected chi connectivity index (χ1v) is 11.8. The van der Waals surface area contributed by atoms with Crippen molar-refractivity contribution in [2.45, 2.75) is 30.1 Å². The summed E-state index contributed by atoms with van der Waals surface area (Å²) in [7, 11) is -3.75. The summed E-state index contributed by atoms with van der Waals surface area (Å²) < 4.78 is 33.8. The second kappa shape index (κ2) is 7.36. The number of nitrogens with one attached hydrogen (secondary N) is 1. The molecule has 0 saturated heterocycles. The molecular formula is C24H24N2O5S. The fraction of sp³-hybridized carbons (Fsp3) is 0.208. The van der Waals surface area contributed by atoms with Crippen molar-refractivity contribution in [3.05, 3.63) is 71.8 Å². The second-order valence-electron chi connectivity index (χ2n) is 8.20. The van der Waals surface area contributed by atoms with E-state index in [2.05, 4.69) is 5.32 Å². The number of fused-ring (bicyclic) bond motifs is 1. The van der Waals surface area contributed by atoms with Gasteiger partial charge in [0.2, 0.25) is 22.7 Å². The van der Waals surface area contributed by atoms with Crippen molar-refractivity contribution in [2.24, 2.45) is 5.14 Å². The van der Waals surface area contributed by atoms with Crippen LogP contribution in [-0.2, 0) is 20.2 Å². The summed E-state index contributed by atoms with van der Waals surface area (Å²) in [5.41, 5.74) is 3.69. The number of amides is 1. The Morgan fingerprint density at radius 2 is 1.66 bits per heavy atom. The van der Waals surface area contributed by atoms with E-state index in [9.17, 15) is 13.2 Å². The SMILES string of the molecule is Cc1ccc(-c2ccc(S(N)(=O)=O)cc2)cc1NC(=O)C1(c2ccc3c(c2)OCO3)CC1.[HH]. The minimum atomic E-state index is -3.75. The standard InChI is InChI=1S/C24H22N2O5S.H2/c1-15-2-3-17(16-4-7-19(8-5-16)32(25,28)29)12-20(15)26-23(27)24(10-11-24)18-6-9-21-22(13-18)31-14-30-21;/h2-9,12-13H,10-11,14H2,1H3,(H,26,27)(H2,25,28,29);1H. The van der Waals surface area contributed by atoms with Gasteiger partial charge in [0, 0.05) is 7.11 Å². The summed E-state index contributed by atoms with van der Waals surface area (Å²) in [5.74, 6) is 1.31. The van der Waals surface area contributed by atoms with Crippen LogP contribution in [0.5, 0.6) is 11.5 Å². The van der Waals surface area contributed by atoms with Crippen molar-refractivity contribution in [2.75, 3.05) is 12.1 Å². The van der Waals surface area contributed by atoms with Crippen LogP contribution in [-0.4, -0.2) is 21.1 Å². The van der Waals surface area contributed by atoms with Crippen LogP contribution < -0.4 is 19.9 Å². The van der Waals surface area contributed by atoms with Crippen molar-refractivity contribution in [3.63, 3.8) is 0 Å². The lowest BCUT2D eigenvalue weighted by molar-refractivity contribution is -0.118. The number of carbonyl (C=O) groups is 1. The zero-order valence-electron chi connectivity index (χ0n) is 17.4. The number of rotatable bonds is 5. The third-order valence-corrected chi connectivity index (χ3v) is 7.04. The van der Waals surface area contributed by atoms with Gasteiger partial charge in [0.15, 0.2) is 11.5 Å². The Morgan fingerprint density at radius 1 is 0.969 bits per heavy atom. The zero-order chi connectivity index (χ0) is 22.5. The minimum absolute atomic E-state index is 0. The highest BCUT2D eigenvalue weighted by Gasteiger charge is 2.51. The minimum Gasteiger partial charge on any atom is -0.454 e. The van der Waals surface area contributed by atoms with Crippen molar-refractivity contribution < 1.29 is 24.1 Å². The van der Waals surface area contributed by atoms with Gasteiger partial charge in [0.05, 0.1) is 10.3 Å². The summed E-state index contributed by atoms with van der Waals surface area (Å²) in [5, 5.41) is 8.28. The van der Waals surface area contributed by atoms with Gasteiger partial charge in [0.25, 0.3) is 0 Å². The molecule has 1 heterocycles. The van der Waals surface area contributed by atoms with E-state index in [1.165, 1.54) is 12.1 Å². The third-order valence-electron chi connectivity index (χ3n) is 6.11. The maximum Gasteiger partial charge on any atom is 0.238 e. The zero-order valence-corrected chi connectivity index (χ0v) is 18.2. The molecule has 3 aromatic rings. The lowest BCUT2D eigenvalue weighted by Gasteiger charge is -2.18. The summed E-state index contributed by atoms with van der Waals surface area (Å²) >= 11 is 0. The number of benzene rings is 3. The quantitative estimate of drug-likeness (QED) is 0.609. The van der Waals surface area contributed by atoms with Crippen LogP contribution in [0.25, 0.3) is 11.1 Å². The van der Waals surface area contributed by atoms with Gasteiger partial charge in [-0.3, -0.25) is 4.79 Å². The Bertz CT molecular complexity index is 1340. The molecule has 7 nitrogen and oxygen atoms in total. The largest absolute Gasteiger partial charge is 0.454 e. The molecule has 0 bridgehead atoms. The molecule has 1 aliphatic heterocycles. The van der Waals surface area contributed by atoms with Gasteiger partial charge >= 0.3 is 0 Å². The van der Waals surface area contributed by atoms with Gasteiger partial charge in [-0.15, -0.1) is 0 Å². The Balaban J connectivity index is 0.00000259. The Hall–Kier alpha value is -3.36. The highest BCUT2D eigenvalue weighted by molar-refractivity contribution is 7.89. The van der Waals surface area contributed by atoms with Crippen LogP contribution in [0.4, 0.5) is 5.69 Å². The summed E-state index contributed by atoms with van der Waals surface area (Å²) in [6.45, 7) is 2.13. The average molecular weight is 453 g/mol. The molecular weight excluding hydrogens is 428 g/mol. The first-order chi connectivity index (χ1) is 15.3. The smallest absolute Gasteiger partial charge is 0.238 e. The van der Waals surface area contributed by atoms with Gasteiger partial charge in [-0.25, -0.2) is 13.6 Å². The lowest BCUT2D eigenvalue weighted by Crippen LogP contribution is -2.28. The number of carbonyl (C=O) groups excluding carboxylic acids is 1. The van der Waals surface area contributed by atoms with Gasteiger partial charge in [0.1, 0.15) is 0 Å². The van der Waals surface area contributed by atoms with Crippen LogP contribution in [0.15, 0.2) is 65.6 Å². The van der Waals surface area contributed by atoms with E-state index < -0.39 is 15.4 Å². The number of nitrogens with two attached hydrogens (primary N) is 1.